The first-order valence-corrected chi connectivity index (χ1v) is 10.5. The lowest BCUT2D eigenvalue weighted by atomic mass is 10.2. The van der Waals surface area contributed by atoms with Crippen molar-refractivity contribution >= 4 is 28.4 Å². The second-order valence-electron chi connectivity index (χ2n) is 7.20. The van der Waals surface area contributed by atoms with Crippen LogP contribution in [0.3, 0.4) is 0 Å². The molecule has 8 nitrogen and oxygen atoms in total. The van der Waals surface area contributed by atoms with E-state index in [-0.39, 0.29) is 29.3 Å². The standard InChI is InChI=1S/C23H20ClN5O3/c1-2-12-28(14-20-25-19-13-15(24)8-9-17(19)22(31)26-20)23(32)18-10-11-21(30)29(27-18)16-6-4-3-5-7-16/h3-11,13H,2,12,14H2,1H3,(H,25,26,31). The molecule has 2 aromatic carbocycles. The Kier molecular flexibility index (Phi) is 6.13. The number of halogens is 1. The number of nitrogens with zero attached hydrogens (tertiary/aromatic N) is 4. The number of carbonyl (C=O) groups excluding carboxylic acids is 1. The molecular formula is C23H20ClN5O3. The normalized spacial score (nSPS) is 10.9. The smallest absolute Gasteiger partial charge is 0.274 e. The Morgan fingerprint density at radius 2 is 1.88 bits per heavy atom. The van der Waals surface area contributed by atoms with Gasteiger partial charge in [-0.2, -0.15) is 9.78 Å². The lowest BCUT2D eigenvalue weighted by molar-refractivity contribution is 0.0731. The molecule has 0 radical (unpaired) electrons. The van der Waals surface area contributed by atoms with Gasteiger partial charge in [-0.15, -0.1) is 0 Å². The molecule has 2 aromatic heterocycles. The number of fused-ring (bicyclic) bond motifs is 1. The third kappa shape index (κ3) is 4.45. The quantitative estimate of drug-likeness (QED) is 0.487. The highest BCUT2D eigenvalue weighted by Crippen LogP contribution is 2.15. The molecule has 4 aromatic rings. The number of hydrogen-bond donors (Lipinski definition) is 1. The number of amides is 1. The van der Waals surface area contributed by atoms with Crippen LogP contribution in [0.5, 0.6) is 0 Å². The molecule has 1 N–H and O–H groups in total. The van der Waals surface area contributed by atoms with Gasteiger partial charge in [0.05, 0.1) is 23.1 Å². The molecule has 162 valence electrons. The zero-order valence-electron chi connectivity index (χ0n) is 17.3. The average molecular weight is 450 g/mol. The van der Waals surface area contributed by atoms with Gasteiger partial charge in [-0.25, -0.2) is 4.98 Å². The Bertz CT molecular complexity index is 1400. The molecular weight excluding hydrogens is 430 g/mol. The Labute approximate surface area is 188 Å². The summed E-state index contributed by atoms with van der Waals surface area (Å²) in [5.74, 6) is -0.0340. The van der Waals surface area contributed by atoms with Crippen LogP contribution in [0.2, 0.25) is 5.02 Å². The van der Waals surface area contributed by atoms with Crippen LogP contribution < -0.4 is 11.1 Å². The van der Waals surface area contributed by atoms with E-state index in [0.717, 1.165) is 0 Å². The highest BCUT2D eigenvalue weighted by Gasteiger charge is 2.20. The molecule has 9 heteroatoms. The third-order valence-electron chi connectivity index (χ3n) is 4.86. The van der Waals surface area contributed by atoms with E-state index in [2.05, 4.69) is 15.1 Å². The molecule has 0 aliphatic carbocycles. The molecule has 0 fully saturated rings. The highest BCUT2D eigenvalue weighted by atomic mass is 35.5. The first-order chi connectivity index (χ1) is 15.5. The number of hydrogen-bond acceptors (Lipinski definition) is 5. The van der Waals surface area contributed by atoms with Crippen molar-refractivity contribution in [1.29, 1.82) is 0 Å². The number of benzene rings is 2. The molecule has 1 amide bonds. The Balaban J connectivity index is 1.68. The molecule has 0 saturated carbocycles. The maximum absolute atomic E-state index is 13.2. The van der Waals surface area contributed by atoms with Crippen molar-refractivity contribution in [2.75, 3.05) is 6.54 Å². The van der Waals surface area contributed by atoms with Crippen molar-refractivity contribution in [3.8, 4) is 5.69 Å². The van der Waals surface area contributed by atoms with Crippen LogP contribution >= 0.6 is 11.6 Å². The SMILES string of the molecule is CCCN(Cc1nc2cc(Cl)ccc2c(=O)[nH]1)C(=O)c1ccc(=O)n(-c2ccccc2)n1. The van der Waals surface area contributed by atoms with Crippen LogP contribution in [0.1, 0.15) is 29.7 Å². The van der Waals surface area contributed by atoms with E-state index >= 15 is 0 Å². The zero-order valence-corrected chi connectivity index (χ0v) is 18.0. The summed E-state index contributed by atoms with van der Waals surface area (Å²) in [6.07, 6.45) is 0.688. The highest BCUT2D eigenvalue weighted by molar-refractivity contribution is 6.31. The molecule has 0 aliphatic heterocycles. The third-order valence-corrected chi connectivity index (χ3v) is 5.09. The minimum Gasteiger partial charge on any atom is -0.330 e. The Morgan fingerprint density at radius 3 is 2.62 bits per heavy atom. The molecule has 0 atom stereocenters. The van der Waals surface area contributed by atoms with Crippen LogP contribution in [-0.4, -0.2) is 37.1 Å². The summed E-state index contributed by atoms with van der Waals surface area (Å²) in [7, 11) is 0. The average Bonchev–Trinajstić information content (AvgIpc) is 2.79. The van der Waals surface area contributed by atoms with Crippen LogP contribution in [0.25, 0.3) is 16.6 Å². The van der Waals surface area contributed by atoms with Crippen LogP contribution in [-0.2, 0) is 6.54 Å². The number of aromatic amines is 1. The van der Waals surface area contributed by atoms with E-state index in [9.17, 15) is 14.4 Å². The van der Waals surface area contributed by atoms with Crippen molar-refractivity contribution < 1.29 is 4.79 Å². The number of carbonyl (C=O) groups is 1. The largest absolute Gasteiger partial charge is 0.330 e. The molecule has 2 heterocycles. The van der Waals surface area contributed by atoms with Crippen molar-refractivity contribution in [3.05, 3.63) is 97.9 Å². The van der Waals surface area contributed by atoms with Crippen LogP contribution in [0.4, 0.5) is 0 Å². The van der Waals surface area contributed by atoms with Crippen molar-refractivity contribution in [2.45, 2.75) is 19.9 Å². The fourth-order valence-corrected chi connectivity index (χ4v) is 3.55. The number of nitrogens with one attached hydrogen (secondary N) is 1. The van der Waals surface area contributed by atoms with Crippen LogP contribution in [0, 0.1) is 0 Å². The zero-order chi connectivity index (χ0) is 22.7. The lowest BCUT2D eigenvalue weighted by Crippen LogP contribution is -2.35. The summed E-state index contributed by atoms with van der Waals surface area (Å²) < 4.78 is 1.19. The minimum absolute atomic E-state index is 0.0799. The van der Waals surface area contributed by atoms with Crippen LogP contribution in [0.15, 0.2) is 70.3 Å². The second kappa shape index (κ2) is 9.15. The van der Waals surface area contributed by atoms with Gasteiger partial charge in [0, 0.05) is 17.6 Å². The second-order valence-corrected chi connectivity index (χ2v) is 7.64. The molecule has 4 rings (SSSR count). The van der Waals surface area contributed by atoms with E-state index in [1.807, 2.05) is 13.0 Å². The Morgan fingerprint density at radius 1 is 1.09 bits per heavy atom. The van der Waals surface area contributed by atoms with E-state index < -0.39 is 0 Å². The summed E-state index contributed by atoms with van der Waals surface area (Å²) in [5, 5.41) is 5.16. The number of para-hydroxylation sites is 1. The molecule has 0 spiro atoms. The van der Waals surface area contributed by atoms with Gasteiger partial charge in [-0.3, -0.25) is 14.4 Å². The molecule has 32 heavy (non-hydrogen) atoms. The topological polar surface area (TPSA) is 101 Å². The van der Waals surface area contributed by atoms with Gasteiger partial charge in [0.1, 0.15) is 11.5 Å². The van der Waals surface area contributed by atoms with E-state index in [1.54, 1.807) is 42.5 Å². The number of aromatic nitrogens is 4. The molecule has 0 bridgehead atoms. The molecule has 0 aliphatic rings. The summed E-state index contributed by atoms with van der Waals surface area (Å²) in [5.41, 5.74) is 0.490. The van der Waals surface area contributed by atoms with Crippen molar-refractivity contribution in [3.63, 3.8) is 0 Å². The maximum atomic E-state index is 13.2. The predicted octanol–water partition coefficient (Wildman–Crippen LogP) is 3.17. The van der Waals surface area contributed by atoms with Gasteiger partial charge >= 0.3 is 0 Å². The van der Waals surface area contributed by atoms with Gasteiger partial charge in [0.15, 0.2) is 0 Å². The fraction of sp³-hybridized carbons (Fsp3) is 0.174. The minimum atomic E-state index is -0.370. The fourth-order valence-electron chi connectivity index (χ4n) is 3.38. The van der Waals surface area contributed by atoms with Crippen molar-refractivity contribution in [2.24, 2.45) is 0 Å². The lowest BCUT2D eigenvalue weighted by Gasteiger charge is -2.21. The first kappa shape index (κ1) is 21.5. The van der Waals surface area contributed by atoms with E-state index in [0.29, 0.717) is 40.4 Å². The van der Waals surface area contributed by atoms with Gasteiger partial charge in [0.25, 0.3) is 17.0 Å². The predicted molar refractivity (Wildman–Crippen MR) is 122 cm³/mol. The van der Waals surface area contributed by atoms with Gasteiger partial charge < -0.3 is 9.88 Å². The summed E-state index contributed by atoms with van der Waals surface area (Å²) >= 11 is 6.03. The van der Waals surface area contributed by atoms with Crippen molar-refractivity contribution in [1.82, 2.24) is 24.6 Å². The Hall–Kier alpha value is -3.78. The van der Waals surface area contributed by atoms with E-state index in [1.165, 1.54) is 21.7 Å². The summed E-state index contributed by atoms with van der Waals surface area (Å²) in [6.45, 7) is 2.44. The number of H-pyrrole nitrogens is 1. The molecule has 0 unspecified atom stereocenters. The summed E-state index contributed by atoms with van der Waals surface area (Å²) in [4.78, 5) is 46.7. The van der Waals surface area contributed by atoms with Gasteiger partial charge in [0.2, 0.25) is 0 Å². The van der Waals surface area contributed by atoms with Gasteiger partial charge in [-0.05, 0) is 42.8 Å². The van der Waals surface area contributed by atoms with Gasteiger partial charge in [-0.1, -0.05) is 36.7 Å². The molecule has 0 saturated heterocycles. The number of rotatable bonds is 6. The monoisotopic (exact) mass is 449 g/mol. The first-order valence-electron chi connectivity index (χ1n) is 10.1. The maximum Gasteiger partial charge on any atom is 0.274 e. The van der Waals surface area contributed by atoms with E-state index in [4.69, 9.17) is 11.6 Å². The summed E-state index contributed by atoms with van der Waals surface area (Å²) in [6, 6.07) is 16.4.